The van der Waals surface area contributed by atoms with Gasteiger partial charge in [0.1, 0.15) is 11.3 Å². The third-order valence-corrected chi connectivity index (χ3v) is 5.41. The van der Waals surface area contributed by atoms with Gasteiger partial charge in [0, 0.05) is 27.8 Å². The van der Waals surface area contributed by atoms with E-state index in [1.54, 1.807) is 0 Å². The van der Waals surface area contributed by atoms with Crippen LogP contribution in [-0.4, -0.2) is 10.7 Å². The summed E-state index contributed by atoms with van der Waals surface area (Å²) in [6.45, 7) is 2.05. The van der Waals surface area contributed by atoms with Gasteiger partial charge in [-0.2, -0.15) is 0 Å². The number of anilines is 1. The first kappa shape index (κ1) is 17.0. The molecule has 0 amide bonds. The Bertz CT molecular complexity index is 1220. The molecule has 1 aliphatic heterocycles. The van der Waals surface area contributed by atoms with Gasteiger partial charge in [-0.25, -0.2) is 4.98 Å². The van der Waals surface area contributed by atoms with E-state index in [0.29, 0.717) is 5.15 Å². The van der Waals surface area contributed by atoms with Crippen LogP contribution >= 0.6 is 11.6 Å². The van der Waals surface area contributed by atoms with E-state index in [4.69, 9.17) is 16.6 Å². The molecule has 3 nitrogen and oxygen atoms in total. The summed E-state index contributed by atoms with van der Waals surface area (Å²) >= 11 is 6.61. The number of hydrogen-bond donors (Lipinski definition) is 1. The topological polar surface area (TPSA) is 37.3 Å². The summed E-state index contributed by atoms with van der Waals surface area (Å²) in [6, 6.07) is 26.7. The van der Waals surface area contributed by atoms with Gasteiger partial charge < -0.3 is 5.32 Å². The number of para-hydroxylation sites is 2. The zero-order valence-corrected chi connectivity index (χ0v) is 16.1. The zero-order valence-electron chi connectivity index (χ0n) is 15.4. The quantitative estimate of drug-likeness (QED) is 0.421. The van der Waals surface area contributed by atoms with Crippen molar-refractivity contribution in [1.82, 2.24) is 4.98 Å². The number of hydrogen-bond acceptors (Lipinski definition) is 3. The minimum Gasteiger partial charge on any atom is -0.359 e. The number of nitrogens with zero attached hydrogens (tertiary/aromatic N) is 2. The van der Waals surface area contributed by atoms with Gasteiger partial charge in [-0.1, -0.05) is 78.3 Å². The van der Waals surface area contributed by atoms with E-state index in [0.717, 1.165) is 44.6 Å². The van der Waals surface area contributed by atoms with Crippen molar-refractivity contribution in [3.63, 3.8) is 0 Å². The molecule has 1 N–H and O–H groups in total. The van der Waals surface area contributed by atoms with E-state index < -0.39 is 0 Å². The monoisotopic (exact) mass is 383 g/mol. The second-order valence-corrected chi connectivity index (χ2v) is 7.31. The van der Waals surface area contributed by atoms with Gasteiger partial charge in [0.2, 0.25) is 0 Å². The Labute approximate surface area is 168 Å². The van der Waals surface area contributed by atoms with Crippen molar-refractivity contribution in [3.05, 3.63) is 106 Å². The van der Waals surface area contributed by atoms with Gasteiger partial charge in [0.05, 0.1) is 11.2 Å². The maximum atomic E-state index is 6.61. The number of benzene rings is 3. The summed E-state index contributed by atoms with van der Waals surface area (Å²) in [4.78, 5) is 9.70. The first-order valence-corrected chi connectivity index (χ1v) is 9.63. The van der Waals surface area contributed by atoms with Crippen LogP contribution in [-0.2, 0) is 0 Å². The molecular weight excluding hydrogens is 366 g/mol. The number of rotatable bonds is 2. The van der Waals surface area contributed by atoms with Gasteiger partial charge in [-0.15, -0.1) is 0 Å². The molecule has 0 fully saturated rings. The molecule has 0 saturated carbocycles. The summed E-state index contributed by atoms with van der Waals surface area (Å²) in [5.41, 5.74) is 7.10. The number of aromatic nitrogens is 1. The fourth-order valence-electron chi connectivity index (χ4n) is 3.70. The Kier molecular flexibility index (Phi) is 4.10. The smallest absolute Gasteiger partial charge is 0.148 e. The van der Waals surface area contributed by atoms with E-state index in [2.05, 4.69) is 46.7 Å². The number of nitrogens with one attached hydrogen (secondary N) is 1. The molecule has 28 heavy (non-hydrogen) atoms. The van der Waals surface area contributed by atoms with Crippen LogP contribution in [0.15, 0.2) is 83.9 Å². The average molecular weight is 384 g/mol. The summed E-state index contributed by atoms with van der Waals surface area (Å²) in [5, 5.41) is 5.07. The van der Waals surface area contributed by atoms with Crippen LogP contribution < -0.4 is 5.32 Å². The lowest BCUT2D eigenvalue weighted by Crippen LogP contribution is -2.21. The SMILES string of the molecule is Cc1cccc2cc([C@H]3N=C(c4ccccc4)c4ccccc4N3)c(Cl)nc12. The van der Waals surface area contributed by atoms with E-state index in [1.165, 1.54) is 0 Å². The van der Waals surface area contributed by atoms with Crippen LogP contribution in [0.25, 0.3) is 10.9 Å². The highest BCUT2D eigenvalue weighted by atomic mass is 35.5. The number of aryl methyl sites for hydroxylation is 1. The number of aliphatic imine (C=N–C) groups is 1. The van der Waals surface area contributed by atoms with Crippen LogP contribution in [0, 0.1) is 6.92 Å². The molecule has 4 aromatic rings. The molecule has 1 aliphatic rings. The Morgan fingerprint density at radius 1 is 0.893 bits per heavy atom. The fourth-order valence-corrected chi connectivity index (χ4v) is 3.94. The Balaban J connectivity index is 1.69. The van der Waals surface area contributed by atoms with Gasteiger partial charge in [-0.05, 0) is 24.6 Å². The Morgan fingerprint density at radius 3 is 2.54 bits per heavy atom. The molecule has 4 heteroatoms. The van der Waals surface area contributed by atoms with Gasteiger partial charge >= 0.3 is 0 Å². The molecule has 136 valence electrons. The standard InChI is InChI=1S/C24H18ClN3/c1-15-8-7-11-17-14-19(23(25)27-21(15)17)24-26-20-13-6-5-12-18(20)22(28-24)16-9-3-2-4-10-16/h2-14,24,26H,1H3/t24-/m1/s1. The van der Waals surface area contributed by atoms with Crippen molar-refractivity contribution in [2.75, 3.05) is 5.32 Å². The van der Waals surface area contributed by atoms with Crippen molar-refractivity contribution in [2.24, 2.45) is 4.99 Å². The second-order valence-electron chi connectivity index (χ2n) is 6.95. The Hall–Kier alpha value is -3.17. The van der Waals surface area contributed by atoms with Gasteiger partial charge in [0.15, 0.2) is 0 Å². The lowest BCUT2D eigenvalue weighted by molar-refractivity contribution is 0.825. The molecule has 0 unspecified atom stereocenters. The highest BCUT2D eigenvalue weighted by molar-refractivity contribution is 6.30. The third-order valence-electron chi connectivity index (χ3n) is 5.10. The molecule has 2 heterocycles. The van der Waals surface area contributed by atoms with Crippen molar-refractivity contribution >= 4 is 33.9 Å². The third kappa shape index (κ3) is 2.85. The fraction of sp³-hybridized carbons (Fsp3) is 0.0833. The van der Waals surface area contributed by atoms with Crippen LogP contribution in [0.3, 0.4) is 0 Å². The van der Waals surface area contributed by atoms with Crippen molar-refractivity contribution in [3.8, 4) is 0 Å². The highest BCUT2D eigenvalue weighted by Crippen LogP contribution is 2.35. The predicted molar refractivity (Wildman–Crippen MR) is 116 cm³/mol. The van der Waals surface area contributed by atoms with E-state index in [-0.39, 0.29) is 6.17 Å². The first-order chi connectivity index (χ1) is 13.7. The molecule has 1 aromatic heterocycles. The Morgan fingerprint density at radius 2 is 1.68 bits per heavy atom. The summed E-state index contributed by atoms with van der Waals surface area (Å²) in [6.07, 6.45) is -0.296. The zero-order chi connectivity index (χ0) is 19.1. The minimum atomic E-state index is -0.296. The maximum Gasteiger partial charge on any atom is 0.148 e. The average Bonchev–Trinajstić information content (AvgIpc) is 2.74. The van der Waals surface area contributed by atoms with Crippen LogP contribution in [0.2, 0.25) is 5.15 Å². The summed E-state index contributed by atoms with van der Waals surface area (Å²) < 4.78 is 0. The molecule has 0 spiro atoms. The molecule has 0 radical (unpaired) electrons. The predicted octanol–water partition coefficient (Wildman–Crippen LogP) is 6.16. The molecule has 3 aromatic carbocycles. The van der Waals surface area contributed by atoms with Crippen LogP contribution in [0.4, 0.5) is 5.69 Å². The minimum absolute atomic E-state index is 0.296. The highest BCUT2D eigenvalue weighted by Gasteiger charge is 2.24. The van der Waals surface area contributed by atoms with Crippen LogP contribution in [0.1, 0.15) is 28.4 Å². The van der Waals surface area contributed by atoms with Crippen molar-refractivity contribution < 1.29 is 0 Å². The first-order valence-electron chi connectivity index (χ1n) is 9.25. The summed E-state index contributed by atoms with van der Waals surface area (Å²) in [5.74, 6) is 0. The number of fused-ring (bicyclic) bond motifs is 2. The second kappa shape index (κ2) is 6.77. The molecule has 0 saturated heterocycles. The van der Waals surface area contributed by atoms with Crippen molar-refractivity contribution in [1.29, 1.82) is 0 Å². The van der Waals surface area contributed by atoms with E-state index >= 15 is 0 Å². The molecule has 1 atom stereocenters. The van der Waals surface area contributed by atoms with E-state index in [9.17, 15) is 0 Å². The van der Waals surface area contributed by atoms with Gasteiger partial charge in [-0.3, -0.25) is 4.99 Å². The molecule has 0 bridgehead atoms. The largest absolute Gasteiger partial charge is 0.359 e. The van der Waals surface area contributed by atoms with Crippen molar-refractivity contribution in [2.45, 2.75) is 13.1 Å². The molecule has 0 aliphatic carbocycles. The van der Waals surface area contributed by atoms with Gasteiger partial charge in [0.25, 0.3) is 0 Å². The molecule has 5 rings (SSSR count). The summed E-state index contributed by atoms with van der Waals surface area (Å²) in [7, 11) is 0. The number of pyridine rings is 1. The molecular formula is C24H18ClN3. The van der Waals surface area contributed by atoms with Crippen LogP contribution in [0.5, 0.6) is 0 Å². The van der Waals surface area contributed by atoms with E-state index in [1.807, 2.05) is 49.4 Å². The maximum absolute atomic E-state index is 6.61. The lowest BCUT2D eigenvalue weighted by atomic mass is 9.97. The number of halogens is 1. The normalized spacial score (nSPS) is 15.6. The lowest BCUT2D eigenvalue weighted by Gasteiger charge is -2.26.